The van der Waals surface area contributed by atoms with E-state index >= 15 is 0 Å². The second kappa shape index (κ2) is 5.27. The number of amides is 1. The van der Waals surface area contributed by atoms with Crippen LogP contribution in [0.5, 0.6) is 0 Å². The molecule has 0 saturated heterocycles. The molecule has 1 aromatic carbocycles. The Morgan fingerprint density at radius 2 is 1.78 bits per heavy atom. The maximum atomic E-state index is 11.8. The average Bonchev–Trinajstić information content (AvgIpc) is 2.25. The van der Waals surface area contributed by atoms with Crippen molar-refractivity contribution in [3.8, 4) is 0 Å². The normalized spacial score (nSPS) is 11.7. The fourth-order valence-corrected chi connectivity index (χ4v) is 4.31. The topological polar surface area (TPSA) is 43.1 Å². The van der Waals surface area contributed by atoms with Gasteiger partial charge in [-0.1, -0.05) is 39.6 Å². The lowest BCUT2D eigenvalue weighted by Gasteiger charge is -2.25. The Balaban J connectivity index is 3.71. The number of carbonyl (C=O) groups is 1. The Morgan fingerprint density at radius 3 is 2.11 bits per heavy atom. The molecule has 3 heteroatoms. The number of primary amides is 1. The van der Waals surface area contributed by atoms with Crippen LogP contribution in [0, 0.1) is 6.92 Å². The second-order valence-electron chi connectivity index (χ2n) is 5.88. The predicted octanol–water partition coefficient (Wildman–Crippen LogP) is 2.76. The van der Waals surface area contributed by atoms with Gasteiger partial charge in [-0.3, -0.25) is 4.79 Å². The molecule has 0 unspecified atom stereocenters. The molecule has 2 N–H and O–H groups in total. The molecule has 100 valence electrons. The van der Waals surface area contributed by atoms with Crippen molar-refractivity contribution in [3.05, 3.63) is 28.3 Å². The zero-order valence-electron chi connectivity index (χ0n) is 12.5. The summed E-state index contributed by atoms with van der Waals surface area (Å²) in [5.74, 6) is -0.276. The molecule has 18 heavy (non-hydrogen) atoms. The van der Waals surface area contributed by atoms with Crippen LogP contribution < -0.4 is 10.9 Å². The molecule has 1 aromatic rings. The molecule has 0 radical (unpaired) electrons. The Bertz CT molecular complexity index is 472. The lowest BCUT2D eigenvalue weighted by Crippen LogP contribution is -2.43. The summed E-state index contributed by atoms with van der Waals surface area (Å²) in [6.07, 6.45) is 1.97. The number of aryl methyl sites for hydroxylation is 1. The fourth-order valence-electron chi connectivity index (χ4n) is 2.64. The van der Waals surface area contributed by atoms with Crippen LogP contribution in [-0.4, -0.2) is 14.0 Å². The van der Waals surface area contributed by atoms with Crippen LogP contribution in [-0.2, 0) is 12.8 Å². The highest BCUT2D eigenvalue weighted by Crippen LogP contribution is 2.21. The van der Waals surface area contributed by atoms with Crippen molar-refractivity contribution < 1.29 is 4.79 Å². The van der Waals surface area contributed by atoms with Gasteiger partial charge in [0.05, 0.1) is 8.07 Å². The molecular formula is C15H25NOSi. The third kappa shape index (κ3) is 2.66. The lowest BCUT2D eigenvalue weighted by molar-refractivity contribution is 0.100. The minimum atomic E-state index is -1.56. The first-order valence-electron chi connectivity index (χ1n) is 6.69. The van der Waals surface area contributed by atoms with Crippen LogP contribution in [0.1, 0.15) is 40.9 Å². The quantitative estimate of drug-likeness (QED) is 0.834. The van der Waals surface area contributed by atoms with Gasteiger partial charge in [0.2, 0.25) is 5.91 Å². The smallest absolute Gasteiger partial charge is 0.248 e. The maximum Gasteiger partial charge on any atom is 0.248 e. The van der Waals surface area contributed by atoms with E-state index in [0.717, 1.165) is 24.0 Å². The van der Waals surface area contributed by atoms with Crippen molar-refractivity contribution in [2.24, 2.45) is 5.73 Å². The Morgan fingerprint density at radius 1 is 1.22 bits per heavy atom. The number of nitrogens with two attached hydrogens (primary N) is 1. The van der Waals surface area contributed by atoms with Gasteiger partial charge in [-0.05, 0) is 41.6 Å². The Labute approximate surface area is 112 Å². The van der Waals surface area contributed by atoms with E-state index in [9.17, 15) is 4.79 Å². The largest absolute Gasteiger partial charge is 0.366 e. The van der Waals surface area contributed by atoms with Crippen LogP contribution >= 0.6 is 0 Å². The lowest BCUT2D eigenvalue weighted by atomic mass is 9.93. The first kappa shape index (κ1) is 15.0. The van der Waals surface area contributed by atoms with Crippen molar-refractivity contribution >= 4 is 19.2 Å². The van der Waals surface area contributed by atoms with Crippen LogP contribution in [0.2, 0.25) is 19.6 Å². The highest BCUT2D eigenvalue weighted by Gasteiger charge is 2.26. The number of hydrogen-bond donors (Lipinski definition) is 1. The third-order valence-electron chi connectivity index (χ3n) is 3.59. The summed E-state index contributed by atoms with van der Waals surface area (Å²) < 4.78 is 0. The van der Waals surface area contributed by atoms with Gasteiger partial charge < -0.3 is 5.73 Å². The summed E-state index contributed by atoms with van der Waals surface area (Å²) in [6, 6.07) is 2.23. The van der Waals surface area contributed by atoms with E-state index in [1.54, 1.807) is 0 Å². The third-order valence-corrected chi connectivity index (χ3v) is 5.60. The summed E-state index contributed by atoms with van der Waals surface area (Å²) in [7, 11) is -1.56. The van der Waals surface area contributed by atoms with Crippen molar-refractivity contribution in [2.75, 3.05) is 0 Å². The van der Waals surface area contributed by atoms with Gasteiger partial charge in [0.15, 0.2) is 0 Å². The number of benzene rings is 1. The number of rotatable bonds is 4. The first-order chi connectivity index (χ1) is 8.23. The zero-order valence-corrected chi connectivity index (χ0v) is 13.5. The van der Waals surface area contributed by atoms with Gasteiger partial charge in [0.1, 0.15) is 0 Å². The van der Waals surface area contributed by atoms with Crippen LogP contribution in [0.4, 0.5) is 0 Å². The molecule has 0 spiro atoms. The summed E-state index contributed by atoms with van der Waals surface area (Å²) in [6.45, 7) is 13.1. The van der Waals surface area contributed by atoms with Crippen molar-refractivity contribution in [1.29, 1.82) is 0 Å². The zero-order chi connectivity index (χ0) is 14.1. The summed E-state index contributed by atoms with van der Waals surface area (Å²) in [5.41, 5.74) is 10.2. The molecule has 0 bridgehead atoms. The fraction of sp³-hybridized carbons (Fsp3) is 0.533. The van der Waals surface area contributed by atoms with Crippen molar-refractivity contribution in [3.63, 3.8) is 0 Å². The minimum absolute atomic E-state index is 0.276. The van der Waals surface area contributed by atoms with E-state index in [2.05, 4.69) is 39.6 Å². The number of carbonyl (C=O) groups excluding carboxylic acids is 1. The molecule has 0 fully saturated rings. The van der Waals surface area contributed by atoms with Gasteiger partial charge in [0.25, 0.3) is 0 Å². The minimum Gasteiger partial charge on any atom is -0.366 e. The molecule has 2 nitrogen and oxygen atoms in total. The second-order valence-corrected chi connectivity index (χ2v) is 10.9. The van der Waals surface area contributed by atoms with Crippen molar-refractivity contribution in [2.45, 2.75) is 53.3 Å². The molecule has 1 rings (SSSR count). The van der Waals surface area contributed by atoms with Crippen molar-refractivity contribution in [1.82, 2.24) is 0 Å². The van der Waals surface area contributed by atoms with E-state index in [0.29, 0.717) is 0 Å². The van der Waals surface area contributed by atoms with Gasteiger partial charge in [-0.2, -0.15) is 0 Å². The van der Waals surface area contributed by atoms with E-state index in [-0.39, 0.29) is 5.91 Å². The number of hydrogen-bond acceptors (Lipinski definition) is 1. The SMILES string of the molecule is CCc1cc([Si](C)(C)C)c(C(N)=O)c(C)c1CC. The average molecular weight is 263 g/mol. The molecule has 0 aliphatic heterocycles. The van der Waals surface area contributed by atoms with Gasteiger partial charge in [-0.25, -0.2) is 0 Å². The van der Waals surface area contributed by atoms with Crippen LogP contribution in [0.3, 0.4) is 0 Å². The molecule has 1 amide bonds. The van der Waals surface area contributed by atoms with E-state index in [1.807, 2.05) is 6.92 Å². The molecule has 0 atom stereocenters. The molecule has 0 aliphatic carbocycles. The highest BCUT2D eigenvalue weighted by molar-refractivity contribution is 6.89. The molecule has 0 aromatic heterocycles. The van der Waals surface area contributed by atoms with Gasteiger partial charge >= 0.3 is 0 Å². The Kier molecular flexibility index (Phi) is 4.38. The van der Waals surface area contributed by atoms with E-state index < -0.39 is 8.07 Å². The molecule has 0 heterocycles. The first-order valence-corrected chi connectivity index (χ1v) is 10.2. The van der Waals surface area contributed by atoms with Crippen LogP contribution in [0.15, 0.2) is 6.07 Å². The van der Waals surface area contributed by atoms with Crippen LogP contribution in [0.25, 0.3) is 0 Å². The maximum absolute atomic E-state index is 11.8. The van der Waals surface area contributed by atoms with Gasteiger partial charge in [0, 0.05) is 5.56 Å². The predicted molar refractivity (Wildman–Crippen MR) is 81.4 cm³/mol. The molecular weight excluding hydrogens is 238 g/mol. The standard InChI is InChI=1S/C15H25NOSi/c1-7-11-9-13(18(4,5)6)14(15(16)17)10(3)12(11)8-2/h9H,7-8H2,1-6H3,(H2,16,17). The van der Waals surface area contributed by atoms with E-state index in [4.69, 9.17) is 5.73 Å². The Hall–Kier alpha value is -1.09. The summed E-state index contributed by atoms with van der Waals surface area (Å²) in [4.78, 5) is 11.8. The highest BCUT2D eigenvalue weighted by atomic mass is 28.3. The summed E-state index contributed by atoms with van der Waals surface area (Å²) >= 11 is 0. The summed E-state index contributed by atoms with van der Waals surface area (Å²) in [5, 5.41) is 1.21. The molecule has 0 saturated carbocycles. The molecule has 0 aliphatic rings. The van der Waals surface area contributed by atoms with Gasteiger partial charge in [-0.15, -0.1) is 0 Å². The van der Waals surface area contributed by atoms with E-state index in [1.165, 1.54) is 16.3 Å². The monoisotopic (exact) mass is 263 g/mol.